The quantitative estimate of drug-likeness (QED) is 0.464. The van der Waals surface area contributed by atoms with E-state index in [1.807, 2.05) is 0 Å². The first-order valence-corrected chi connectivity index (χ1v) is 9.96. The molecule has 0 bridgehead atoms. The molecule has 0 spiro atoms. The molecule has 0 radical (unpaired) electrons. The molecule has 4 aromatic rings. The fourth-order valence-corrected chi connectivity index (χ4v) is 4.06. The van der Waals surface area contributed by atoms with Crippen molar-refractivity contribution in [3.8, 4) is 0 Å². The summed E-state index contributed by atoms with van der Waals surface area (Å²) in [4.78, 5) is 12.5. The topological polar surface area (TPSA) is 115 Å². The molecule has 140 valence electrons. The van der Waals surface area contributed by atoms with Gasteiger partial charge >= 0.3 is 0 Å². The van der Waals surface area contributed by atoms with Crippen molar-refractivity contribution in [3.63, 3.8) is 0 Å². The van der Waals surface area contributed by atoms with Crippen molar-refractivity contribution in [1.82, 2.24) is 4.72 Å². The number of benzene rings is 4. The zero-order chi connectivity index (χ0) is 19.9. The molecule has 28 heavy (non-hydrogen) atoms. The Labute approximate surface area is 161 Å². The van der Waals surface area contributed by atoms with Crippen molar-refractivity contribution in [2.75, 3.05) is 11.5 Å². The monoisotopic (exact) mass is 391 g/mol. The van der Waals surface area contributed by atoms with E-state index < -0.39 is 15.9 Å². The summed E-state index contributed by atoms with van der Waals surface area (Å²) >= 11 is 0. The van der Waals surface area contributed by atoms with Crippen molar-refractivity contribution in [3.05, 3.63) is 78.4 Å². The van der Waals surface area contributed by atoms with Gasteiger partial charge < -0.3 is 11.5 Å². The molecule has 0 aliphatic carbocycles. The normalized spacial score (nSPS) is 11.6. The minimum atomic E-state index is -4.02. The largest absolute Gasteiger partial charge is 0.399 e. The molecule has 0 aromatic heterocycles. The van der Waals surface area contributed by atoms with E-state index in [1.165, 1.54) is 12.1 Å². The lowest BCUT2D eigenvalue weighted by Crippen LogP contribution is -2.30. The van der Waals surface area contributed by atoms with Gasteiger partial charge in [0.15, 0.2) is 0 Å². The lowest BCUT2D eigenvalue weighted by molar-refractivity contribution is 0.0981. The highest BCUT2D eigenvalue weighted by Gasteiger charge is 2.19. The highest BCUT2D eigenvalue weighted by molar-refractivity contribution is 7.90. The van der Waals surface area contributed by atoms with Crippen LogP contribution in [0, 0.1) is 0 Å². The third-order valence-corrected chi connectivity index (χ3v) is 5.83. The molecule has 1 amide bonds. The van der Waals surface area contributed by atoms with E-state index in [0.29, 0.717) is 16.8 Å². The zero-order valence-corrected chi connectivity index (χ0v) is 15.5. The molecule has 0 aliphatic heterocycles. The van der Waals surface area contributed by atoms with Crippen LogP contribution in [-0.4, -0.2) is 14.3 Å². The summed E-state index contributed by atoms with van der Waals surface area (Å²) in [6, 6.07) is 20.0. The number of nitrogens with two attached hydrogens (primary N) is 2. The molecule has 0 fully saturated rings. The fourth-order valence-electron chi connectivity index (χ4n) is 3.05. The minimum absolute atomic E-state index is 0.00619. The van der Waals surface area contributed by atoms with E-state index in [0.717, 1.165) is 16.2 Å². The molecule has 4 aromatic carbocycles. The van der Waals surface area contributed by atoms with E-state index in [-0.39, 0.29) is 10.5 Å². The average molecular weight is 391 g/mol. The van der Waals surface area contributed by atoms with E-state index in [9.17, 15) is 13.2 Å². The van der Waals surface area contributed by atoms with Crippen molar-refractivity contribution in [2.24, 2.45) is 0 Å². The van der Waals surface area contributed by atoms with Gasteiger partial charge in [-0.3, -0.25) is 4.79 Å². The van der Waals surface area contributed by atoms with Crippen molar-refractivity contribution in [1.29, 1.82) is 0 Å². The van der Waals surface area contributed by atoms with E-state index >= 15 is 0 Å². The van der Waals surface area contributed by atoms with E-state index in [1.54, 1.807) is 60.7 Å². The third kappa shape index (κ3) is 3.35. The highest BCUT2D eigenvalue weighted by Crippen LogP contribution is 2.22. The second-order valence-electron chi connectivity index (χ2n) is 6.52. The Balaban J connectivity index is 1.64. The number of fused-ring (bicyclic) bond motifs is 2. The van der Waals surface area contributed by atoms with Gasteiger partial charge in [0.1, 0.15) is 0 Å². The summed E-state index contributed by atoms with van der Waals surface area (Å²) in [5.74, 6) is -0.698. The van der Waals surface area contributed by atoms with Gasteiger partial charge in [-0.25, -0.2) is 13.1 Å². The van der Waals surface area contributed by atoms with Crippen LogP contribution in [0.2, 0.25) is 0 Å². The Kier molecular flexibility index (Phi) is 4.16. The summed E-state index contributed by atoms with van der Waals surface area (Å²) in [5.41, 5.74) is 12.9. The van der Waals surface area contributed by atoms with Crippen LogP contribution in [0.4, 0.5) is 11.4 Å². The second-order valence-corrected chi connectivity index (χ2v) is 8.21. The molecule has 6 nitrogen and oxygen atoms in total. The van der Waals surface area contributed by atoms with Crippen LogP contribution < -0.4 is 16.2 Å². The molecule has 0 saturated heterocycles. The molecule has 7 heteroatoms. The average Bonchev–Trinajstić information content (AvgIpc) is 2.66. The molecule has 0 unspecified atom stereocenters. The summed E-state index contributed by atoms with van der Waals surface area (Å²) in [6.45, 7) is 0. The Morgan fingerprint density at radius 1 is 0.679 bits per heavy atom. The predicted octanol–water partition coefficient (Wildman–Crippen LogP) is 3.28. The van der Waals surface area contributed by atoms with Crippen molar-refractivity contribution in [2.45, 2.75) is 4.90 Å². The summed E-state index contributed by atoms with van der Waals surface area (Å²) in [7, 11) is -4.02. The molecule has 0 atom stereocenters. The first kappa shape index (κ1) is 17.8. The first-order valence-electron chi connectivity index (χ1n) is 8.48. The third-order valence-electron chi connectivity index (χ3n) is 4.50. The van der Waals surface area contributed by atoms with Gasteiger partial charge in [-0.1, -0.05) is 24.3 Å². The van der Waals surface area contributed by atoms with Crippen LogP contribution in [0.1, 0.15) is 10.4 Å². The number of anilines is 2. The SMILES string of the molecule is Nc1ccc2cc(C(=O)NS(=O)(=O)c3ccc4cc(N)ccc4c3)ccc2c1. The maximum Gasteiger partial charge on any atom is 0.265 e. The zero-order valence-electron chi connectivity index (χ0n) is 14.7. The molecule has 0 saturated carbocycles. The van der Waals surface area contributed by atoms with Gasteiger partial charge in [0.25, 0.3) is 15.9 Å². The van der Waals surface area contributed by atoms with Gasteiger partial charge in [0.05, 0.1) is 4.90 Å². The van der Waals surface area contributed by atoms with Crippen molar-refractivity contribution < 1.29 is 13.2 Å². The summed E-state index contributed by atoms with van der Waals surface area (Å²) in [5, 5.41) is 3.20. The predicted molar refractivity (Wildman–Crippen MR) is 111 cm³/mol. The number of sulfonamides is 1. The smallest absolute Gasteiger partial charge is 0.265 e. The van der Waals surface area contributed by atoms with E-state index in [4.69, 9.17) is 11.5 Å². The number of nitrogens with one attached hydrogen (secondary N) is 1. The lowest BCUT2D eigenvalue weighted by Gasteiger charge is -2.09. The van der Waals surface area contributed by atoms with Crippen LogP contribution in [0.25, 0.3) is 21.5 Å². The molecular weight excluding hydrogens is 374 g/mol. The van der Waals surface area contributed by atoms with Gasteiger partial charge in [-0.15, -0.1) is 0 Å². The Morgan fingerprint density at radius 3 is 1.82 bits per heavy atom. The Hall–Kier alpha value is -3.58. The molecule has 4 rings (SSSR count). The number of hydrogen-bond acceptors (Lipinski definition) is 5. The number of amides is 1. The molecule has 5 N–H and O–H groups in total. The van der Waals surface area contributed by atoms with Crippen LogP contribution >= 0.6 is 0 Å². The van der Waals surface area contributed by atoms with Crippen LogP contribution in [0.5, 0.6) is 0 Å². The molecule has 0 heterocycles. The molecule has 0 aliphatic rings. The maximum absolute atomic E-state index is 12.7. The Bertz CT molecular complexity index is 1350. The number of rotatable bonds is 3. The van der Waals surface area contributed by atoms with Gasteiger partial charge in [-0.2, -0.15) is 0 Å². The van der Waals surface area contributed by atoms with Gasteiger partial charge in [0, 0.05) is 16.9 Å². The van der Waals surface area contributed by atoms with Gasteiger partial charge in [-0.05, 0) is 70.1 Å². The van der Waals surface area contributed by atoms with Crippen LogP contribution in [0.3, 0.4) is 0 Å². The van der Waals surface area contributed by atoms with Crippen LogP contribution in [0.15, 0.2) is 77.7 Å². The lowest BCUT2D eigenvalue weighted by atomic mass is 10.1. The number of nitrogen functional groups attached to an aromatic ring is 2. The number of hydrogen-bond donors (Lipinski definition) is 3. The fraction of sp³-hybridized carbons (Fsp3) is 0. The summed E-state index contributed by atoms with van der Waals surface area (Å²) in [6.07, 6.45) is 0. The number of carbonyl (C=O) groups excluding carboxylic acids is 1. The minimum Gasteiger partial charge on any atom is -0.399 e. The summed E-state index contributed by atoms with van der Waals surface area (Å²) < 4.78 is 27.4. The Morgan fingerprint density at radius 2 is 1.18 bits per heavy atom. The first-order chi connectivity index (χ1) is 13.3. The number of carbonyl (C=O) groups is 1. The van der Waals surface area contributed by atoms with Crippen molar-refractivity contribution >= 4 is 48.9 Å². The van der Waals surface area contributed by atoms with E-state index in [2.05, 4.69) is 4.72 Å². The van der Waals surface area contributed by atoms with Crippen LogP contribution in [-0.2, 0) is 10.0 Å². The standard InChI is InChI=1S/C21H17N3O3S/c22-18-6-3-13-9-17(2-1-14(13)10-18)21(25)24-28(26,27)20-8-5-15-11-19(23)7-4-16(15)12-20/h1-12H,22-23H2,(H,24,25). The highest BCUT2D eigenvalue weighted by atomic mass is 32.2. The molecular formula is C21H17N3O3S. The second kappa shape index (κ2) is 6.54. The maximum atomic E-state index is 12.7. The van der Waals surface area contributed by atoms with Gasteiger partial charge in [0.2, 0.25) is 0 Å².